The first-order valence-corrected chi connectivity index (χ1v) is 8.14. The van der Waals surface area contributed by atoms with Crippen LogP contribution in [-0.2, 0) is 0 Å². The molecule has 0 bridgehead atoms. The van der Waals surface area contributed by atoms with Crippen molar-refractivity contribution in [1.29, 1.82) is 0 Å². The van der Waals surface area contributed by atoms with Gasteiger partial charge in [0.05, 0.1) is 17.3 Å². The van der Waals surface area contributed by atoms with Gasteiger partial charge in [-0.1, -0.05) is 18.2 Å². The van der Waals surface area contributed by atoms with E-state index in [0.717, 1.165) is 21.1 Å². The summed E-state index contributed by atoms with van der Waals surface area (Å²) in [5.41, 5.74) is 3.35. The summed E-state index contributed by atoms with van der Waals surface area (Å²) in [4.78, 5) is 6.16. The van der Waals surface area contributed by atoms with Crippen molar-refractivity contribution in [2.24, 2.45) is 0 Å². The van der Waals surface area contributed by atoms with E-state index >= 15 is 0 Å². The Morgan fingerprint density at radius 3 is 2.75 bits per heavy atom. The number of halogens is 1. The van der Waals surface area contributed by atoms with Crippen LogP contribution in [0, 0.1) is 6.92 Å². The Morgan fingerprint density at radius 1 is 1.25 bits per heavy atom. The fraction of sp³-hybridized carbons (Fsp3) is 0.188. The molecule has 102 valence electrons. The number of thiophene rings is 1. The quantitative estimate of drug-likeness (QED) is 0.744. The second-order valence-corrected chi connectivity index (χ2v) is 6.68. The number of hydrogen-bond acceptors (Lipinski definition) is 3. The summed E-state index contributed by atoms with van der Waals surface area (Å²) < 4.78 is 1.04. The number of para-hydroxylation sites is 1. The molecule has 0 saturated carbocycles. The van der Waals surface area contributed by atoms with E-state index in [0.29, 0.717) is 0 Å². The number of aryl methyl sites for hydroxylation is 1. The fourth-order valence-corrected chi connectivity index (χ4v) is 3.75. The second kappa shape index (κ2) is 5.64. The van der Waals surface area contributed by atoms with Crippen LogP contribution in [0.3, 0.4) is 0 Å². The number of nitrogens with zero attached hydrogens (tertiary/aromatic N) is 1. The molecule has 0 aliphatic carbocycles. The molecule has 2 aromatic heterocycles. The molecule has 3 rings (SSSR count). The largest absolute Gasteiger partial charge is 0.308 e. The van der Waals surface area contributed by atoms with E-state index in [1.165, 1.54) is 10.4 Å². The predicted octanol–water partition coefficient (Wildman–Crippen LogP) is 4.68. The zero-order valence-electron chi connectivity index (χ0n) is 11.4. The molecule has 2 heterocycles. The number of fused-ring (bicyclic) bond motifs is 1. The number of aromatic nitrogens is 1. The molecule has 1 N–H and O–H groups in total. The standard InChI is InChI=1S/C16H15BrN2S/c1-10-12(7-8-20-10)15(18-2)16-13(17)9-11-5-3-4-6-14(11)19-16/h3-9,15,18H,1-2H3. The van der Waals surface area contributed by atoms with E-state index in [1.807, 2.05) is 19.2 Å². The lowest BCUT2D eigenvalue weighted by Crippen LogP contribution is -2.19. The van der Waals surface area contributed by atoms with Crippen molar-refractivity contribution in [3.8, 4) is 0 Å². The normalized spacial score (nSPS) is 12.8. The highest BCUT2D eigenvalue weighted by Gasteiger charge is 2.19. The van der Waals surface area contributed by atoms with Gasteiger partial charge in [0.1, 0.15) is 0 Å². The van der Waals surface area contributed by atoms with Crippen molar-refractivity contribution in [2.45, 2.75) is 13.0 Å². The van der Waals surface area contributed by atoms with Gasteiger partial charge in [0.25, 0.3) is 0 Å². The molecule has 1 unspecified atom stereocenters. The Labute approximate surface area is 131 Å². The molecule has 2 nitrogen and oxygen atoms in total. The number of benzene rings is 1. The Hall–Kier alpha value is -1.23. The molecule has 0 aliphatic heterocycles. The van der Waals surface area contributed by atoms with Gasteiger partial charge in [-0.05, 0) is 59.0 Å². The fourth-order valence-electron chi connectivity index (χ4n) is 2.44. The van der Waals surface area contributed by atoms with Gasteiger partial charge in [0, 0.05) is 14.7 Å². The van der Waals surface area contributed by atoms with Crippen LogP contribution in [0.4, 0.5) is 0 Å². The minimum Gasteiger partial charge on any atom is -0.308 e. The maximum absolute atomic E-state index is 4.84. The Bertz CT molecular complexity index is 751. The summed E-state index contributed by atoms with van der Waals surface area (Å²) in [5, 5.41) is 6.66. The molecule has 0 aliphatic rings. The van der Waals surface area contributed by atoms with E-state index in [4.69, 9.17) is 4.98 Å². The van der Waals surface area contributed by atoms with Gasteiger partial charge >= 0.3 is 0 Å². The molecule has 0 radical (unpaired) electrons. The third kappa shape index (κ3) is 2.39. The van der Waals surface area contributed by atoms with Crippen molar-refractivity contribution < 1.29 is 0 Å². The molecule has 20 heavy (non-hydrogen) atoms. The van der Waals surface area contributed by atoms with Crippen LogP contribution in [0.2, 0.25) is 0 Å². The first kappa shape index (κ1) is 13.7. The summed E-state index contributed by atoms with van der Waals surface area (Å²) in [6.07, 6.45) is 0. The lowest BCUT2D eigenvalue weighted by molar-refractivity contribution is 0.670. The molecule has 1 aromatic carbocycles. The molecule has 0 spiro atoms. The summed E-state index contributed by atoms with van der Waals surface area (Å²) in [6, 6.07) is 12.6. The van der Waals surface area contributed by atoms with E-state index in [9.17, 15) is 0 Å². The van der Waals surface area contributed by atoms with Gasteiger partial charge in [-0.15, -0.1) is 11.3 Å². The molecule has 0 saturated heterocycles. The van der Waals surface area contributed by atoms with Crippen LogP contribution in [0.25, 0.3) is 10.9 Å². The number of pyridine rings is 1. The molecule has 0 fully saturated rings. The van der Waals surface area contributed by atoms with Crippen LogP contribution in [0.15, 0.2) is 46.3 Å². The van der Waals surface area contributed by atoms with Crippen molar-refractivity contribution in [3.05, 3.63) is 62.4 Å². The summed E-state index contributed by atoms with van der Waals surface area (Å²) in [6.45, 7) is 2.15. The molecule has 0 amide bonds. The molecular weight excluding hydrogens is 332 g/mol. The number of hydrogen-bond donors (Lipinski definition) is 1. The topological polar surface area (TPSA) is 24.9 Å². The highest BCUT2D eigenvalue weighted by molar-refractivity contribution is 9.10. The van der Waals surface area contributed by atoms with Crippen LogP contribution in [-0.4, -0.2) is 12.0 Å². The lowest BCUT2D eigenvalue weighted by Gasteiger charge is -2.18. The summed E-state index contributed by atoms with van der Waals surface area (Å²) in [5.74, 6) is 0. The van der Waals surface area contributed by atoms with Gasteiger partial charge < -0.3 is 5.32 Å². The van der Waals surface area contributed by atoms with E-state index < -0.39 is 0 Å². The minimum atomic E-state index is 0.111. The van der Waals surface area contributed by atoms with Gasteiger partial charge in [-0.2, -0.15) is 0 Å². The van der Waals surface area contributed by atoms with Crippen LogP contribution in [0.5, 0.6) is 0 Å². The smallest absolute Gasteiger partial charge is 0.0771 e. The van der Waals surface area contributed by atoms with E-state index in [2.05, 4.69) is 57.8 Å². The minimum absolute atomic E-state index is 0.111. The average molecular weight is 347 g/mol. The predicted molar refractivity (Wildman–Crippen MR) is 89.4 cm³/mol. The van der Waals surface area contributed by atoms with Gasteiger partial charge in [-0.25, -0.2) is 4.98 Å². The zero-order chi connectivity index (χ0) is 14.1. The Morgan fingerprint density at radius 2 is 2.05 bits per heavy atom. The lowest BCUT2D eigenvalue weighted by atomic mass is 10.0. The Kier molecular flexibility index (Phi) is 3.87. The molecule has 1 atom stereocenters. The van der Waals surface area contributed by atoms with Crippen LogP contribution in [0.1, 0.15) is 22.2 Å². The second-order valence-electron chi connectivity index (χ2n) is 4.70. The SMILES string of the molecule is CNC(c1ccsc1C)c1nc2ccccc2cc1Br. The molecule has 4 heteroatoms. The highest BCUT2D eigenvalue weighted by Crippen LogP contribution is 2.32. The third-order valence-electron chi connectivity index (χ3n) is 3.48. The van der Waals surface area contributed by atoms with Gasteiger partial charge in [0.15, 0.2) is 0 Å². The molecular formula is C16H15BrN2S. The summed E-state index contributed by atoms with van der Waals surface area (Å²) >= 11 is 5.44. The first-order chi connectivity index (χ1) is 9.70. The van der Waals surface area contributed by atoms with E-state index in [1.54, 1.807) is 11.3 Å². The number of rotatable bonds is 3. The maximum Gasteiger partial charge on any atom is 0.0771 e. The van der Waals surface area contributed by atoms with Crippen molar-refractivity contribution in [3.63, 3.8) is 0 Å². The summed E-state index contributed by atoms with van der Waals surface area (Å²) in [7, 11) is 1.98. The Balaban J connectivity index is 2.17. The first-order valence-electron chi connectivity index (χ1n) is 6.47. The highest BCUT2D eigenvalue weighted by atomic mass is 79.9. The van der Waals surface area contributed by atoms with Crippen LogP contribution >= 0.6 is 27.3 Å². The van der Waals surface area contributed by atoms with Crippen molar-refractivity contribution >= 4 is 38.2 Å². The van der Waals surface area contributed by atoms with Gasteiger partial charge in [0.2, 0.25) is 0 Å². The monoisotopic (exact) mass is 346 g/mol. The maximum atomic E-state index is 4.84. The zero-order valence-corrected chi connectivity index (χ0v) is 13.8. The molecule has 3 aromatic rings. The van der Waals surface area contributed by atoms with Crippen molar-refractivity contribution in [2.75, 3.05) is 7.05 Å². The van der Waals surface area contributed by atoms with Gasteiger partial charge in [-0.3, -0.25) is 0 Å². The van der Waals surface area contributed by atoms with Crippen molar-refractivity contribution in [1.82, 2.24) is 10.3 Å². The number of nitrogens with one attached hydrogen (secondary N) is 1. The third-order valence-corrected chi connectivity index (χ3v) is 4.97. The average Bonchev–Trinajstić information content (AvgIpc) is 2.87. The van der Waals surface area contributed by atoms with E-state index in [-0.39, 0.29) is 6.04 Å². The van der Waals surface area contributed by atoms with Crippen LogP contribution < -0.4 is 5.32 Å².